The lowest BCUT2D eigenvalue weighted by molar-refractivity contribution is -0.260. The first-order valence-corrected chi connectivity index (χ1v) is 20.5. The molecule has 9 unspecified atom stereocenters. The maximum atomic E-state index is 13.7. The zero-order valence-electron chi connectivity index (χ0n) is 29.4. The van der Waals surface area contributed by atoms with Crippen LogP contribution in [0.5, 0.6) is 0 Å². The Labute approximate surface area is 286 Å². The molecule has 0 spiro atoms. The summed E-state index contributed by atoms with van der Waals surface area (Å²) in [5.41, 5.74) is -1.62. The lowest BCUT2D eigenvalue weighted by Crippen LogP contribution is -2.74. The van der Waals surface area contributed by atoms with Crippen molar-refractivity contribution < 1.29 is 42.1 Å². The van der Waals surface area contributed by atoms with E-state index in [4.69, 9.17) is 32.4 Å². The van der Waals surface area contributed by atoms with E-state index in [0.717, 1.165) is 10.4 Å². The largest absolute Gasteiger partial charge is 0.397 e. The molecule has 11 nitrogen and oxygen atoms in total. The molecule has 13 heteroatoms. The van der Waals surface area contributed by atoms with Crippen molar-refractivity contribution in [1.82, 2.24) is 10.2 Å². The highest BCUT2D eigenvalue weighted by atomic mass is 31.2. The van der Waals surface area contributed by atoms with Gasteiger partial charge < -0.3 is 37.5 Å². The summed E-state index contributed by atoms with van der Waals surface area (Å²) in [4.78, 5) is 1.99. The second-order valence-electron chi connectivity index (χ2n) is 14.6. The molecule has 6 rings (SSSR count). The SMILES string of the molecule is COCCOC1(N2C(O)NC3OC3C(C)C2C)CO[C@H](C2CC2P(=O)(OC)OC)C1O[Si](c1ccccc1)(c1ccccc1)C(C)(C)C. The number of rotatable bonds is 13. The van der Waals surface area contributed by atoms with Gasteiger partial charge in [-0.2, -0.15) is 0 Å². The average molecular weight is 705 g/mol. The van der Waals surface area contributed by atoms with Gasteiger partial charge in [-0.15, -0.1) is 0 Å². The number of epoxide rings is 1. The van der Waals surface area contributed by atoms with Crippen molar-refractivity contribution in [2.45, 2.75) is 94.4 Å². The van der Waals surface area contributed by atoms with Gasteiger partial charge in [0, 0.05) is 39.2 Å². The van der Waals surface area contributed by atoms with Gasteiger partial charge in [0.15, 0.2) is 12.1 Å². The Balaban J connectivity index is 1.55. The average Bonchev–Trinajstić information content (AvgIpc) is 4.01. The van der Waals surface area contributed by atoms with Crippen LogP contribution in [0.1, 0.15) is 41.0 Å². The van der Waals surface area contributed by atoms with E-state index in [2.05, 4.69) is 88.5 Å². The van der Waals surface area contributed by atoms with Gasteiger partial charge in [-0.1, -0.05) is 88.4 Å². The number of fused-ring (bicyclic) bond motifs is 1. The Morgan fingerprint density at radius 1 is 0.979 bits per heavy atom. The van der Waals surface area contributed by atoms with Crippen molar-refractivity contribution in [1.29, 1.82) is 0 Å². The van der Waals surface area contributed by atoms with E-state index in [1.165, 1.54) is 14.2 Å². The number of aliphatic hydroxyl groups is 1. The first kappa shape index (κ1) is 36.3. The molecule has 2 N–H and O–H groups in total. The summed E-state index contributed by atoms with van der Waals surface area (Å²) in [6.07, 6.45) is -2.08. The van der Waals surface area contributed by atoms with Crippen LogP contribution in [-0.2, 0) is 37.0 Å². The number of nitrogens with one attached hydrogen (secondary N) is 1. The minimum Gasteiger partial charge on any atom is -0.397 e. The molecule has 0 amide bonds. The molecule has 3 aliphatic heterocycles. The molecule has 0 radical (unpaired) electrons. The minimum atomic E-state index is -3.40. The Morgan fingerprint density at radius 2 is 1.58 bits per heavy atom. The van der Waals surface area contributed by atoms with Gasteiger partial charge in [-0.3, -0.25) is 9.88 Å². The maximum absolute atomic E-state index is 13.7. The van der Waals surface area contributed by atoms with Gasteiger partial charge in [0.2, 0.25) is 0 Å². The maximum Gasteiger partial charge on any atom is 0.333 e. The second kappa shape index (κ2) is 13.9. The fourth-order valence-corrected chi connectivity index (χ4v) is 14.7. The van der Waals surface area contributed by atoms with Gasteiger partial charge >= 0.3 is 7.60 Å². The van der Waals surface area contributed by atoms with Gasteiger partial charge in [0.1, 0.15) is 18.4 Å². The number of nitrogens with zero attached hydrogens (tertiary/aromatic N) is 1. The summed E-state index contributed by atoms with van der Waals surface area (Å²) >= 11 is 0. The van der Waals surface area contributed by atoms with E-state index < -0.39 is 40.2 Å². The van der Waals surface area contributed by atoms with E-state index in [9.17, 15) is 9.67 Å². The summed E-state index contributed by atoms with van der Waals surface area (Å²) < 4.78 is 57.8. The summed E-state index contributed by atoms with van der Waals surface area (Å²) in [5.74, 6) is -0.126. The fourth-order valence-electron chi connectivity index (χ4n) is 8.20. The molecule has 48 heavy (non-hydrogen) atoms. The normalized spacial score (nSPS) is 35.6. The van der Waals surface area contributed by atoms with Crippen LogP contribution >= 0.6 is 7.60 Å². The third-order valence-corrected chi connectivity index (χ3v) is 18.4. The fraction of sp³-hybridized carbons (Fsp3) is 0.657. The molecule has 0 bridgehead atoms. The van der Waals surface area contributed by atoms with Gasteiger partial charge in [-0.05, 0) is 28.8 Å². The zero-order valence-corrected chi connectivity index (χ0v) is 31.3. The molecule has 4 fully saturated rings. The molecule has 2 aromatic carbocycles. The van der Waals surface area contributed by atoms with E-state index >= 15 is 0 Å². The molecule has 266 valence electrons. The molecule has 10 atom stereocenters. The highest BCUT2D eigenvalue weighted by Gasteiger charge is 2.69. The van der Waals surface area contributed by atoms with Crippen molar-refractivity contribution in [3.8, 4) is 0 Å². The predicted octanol–water partition coefficient (Wildman–Crippen LogP) is 3.49. The molecular weight excluding hydrogens is 651 g/mol. The number of hydrogen-bond donors (Lipinski definition) is 2. The summed E-state index contributed by atoms with van der Waals surface area (Å²) in [7, 11) is -2.11. The van der Waals surface area contributed by atoms with Crippen LogP contribution < -0.4 is 15.7 Å². The minimum absolute atomic E-state index is 0.0352. The van der Waals surface area contributed by atoms with E-state index in [-0.39, 0.29) is 54.1 Å². The van der Waals surface area contributed by atoms with E-state index in [1.54, 1.807) is 7.11 Å². The Morgan fingerprint density at radius 3 is 2.12 bits per heavy atom. The smallest absolute Gasteiger partial charge is 0.333 e. The molecule has 3 saturated heterocycles. The Bertz CT molecular complexity index is 1390. The quantitative estimate of drug-likeness (QED) is 0.138. The number of aliphatic hydroxyl groups excluding tert-OH is 1. The Hall–Kier alpha value is -1.51. The van der Waals surface area contributed by atoms with Crippen LogP contribution in [-0.4, -0.2) is 108 Å². The topological polar surface area (TPSA) is 120 Å². The summed E-state index contributed by atoms with van der Waals surface area (Å²) in [6.45, 7) is 11.6. The Kier molecular flexibility index (Phi) is 10.5. The third-order valence-electron chi connectivity index (χ3n) is 11.0. The molecule has 1 saturated carbocycles. The standard InChI is InChI=1S/C35H53N2O9PSi/c1-23-24(2)37(33(38)36-32-29(23)45-32)35(44-20-19-40-6)22-43-30(27-21-28(27)47(39,41-7)42-8)31(35)46-48(34(3,4)5,25-15-11-9-12-16-25)26-17-13-10-14-18-26/h9-18,23-24,27-33,36,38H,19-22H2,1-8H3/t23?,24?,27?,28?,29?,30-,31?,32?,33?,35?/m1/s1. The van der Waals surface area contributed by atoms with Crippen LogP contribution in [0, 0.1) is 11.8 Å². The summed E-state index contributed by atoms with van der Waals surface area (Å²) in [5, 5.41) is 17.1. The number of methoxy groups -OCH3 is 1. The van der Waals surface area contributed by atoms with E-state index in [0.29, 0.717) is 13.0 Å². The zero-order chi connectivity index (χ0) is 34.5. The molecule has 3 heterocycles. The first-order chi connectivity index (χ1) is 22.9. The lowest BCUT2D eigenvalue weighted by Gasteiger charge is -2.53. The monoisotopic (exact) mass is 704 g/mol. The van der Waals surface area contributed by atoms with Crippen molar-refractivity contribution in [2.24, 2.45) is 11.8 Å². The van der Waals surface area contributed by atoms with Gasteiger partial charge in [0.05, 0.1) is 31.6 Å². The number of benzene rings is 2. The number of hydrogen-bond acceptors (Lipinski definition) is 11. The lowest BCUT2D eigenvalue weighted by atomic mass is 9.93. The van der Waals surface area contributed by atoms with Crippen LogP contribution in [0.2, 0.25) is 5.04 Å². The summed E-state index contributed by atoms with van der Waals surface area (Å²) in [6, 6.07) is 20.7. The van der Waals surface area contributed by atoms with Crippen LogP contribution in [0.3, 0.4) is 0 Å². The highest BCUT2D eigenvalue weighted by molar-refractivity contribution is 7.55. The van der Waals surface area contributed by atoms with Crippen molar-refractivity contribution in [2.75, 3.05) is 41.2 Å². The number of ether oxygens (including phenoxy) is 4. The molecule has 4 aliphatic rings. The van der Waals surface area contributed by atoms with Gasteiger partial charge in [-0.25, -0.2) is 4.90 Å². The van der Waals surface area contributed by atoms with Crippen molar-refractivity contribution in [3.05, 3.63) is 60.7 Å². The van der Waals surface area contributed by atoms with Gasteiger partial charge in [0.25, 0.3) is 8.32 Å². The molecular formula is C35H53N2O9PSi. The highest BCUT2D eigenvalue weighted by Crippen LogP contribution is 2.67. The molecule has 0 aromatic heterocycles. The predicted molar refractivity (Wildman–Crippen MR) is 185 cm³/mol. The van der Waals surface area contributed by atoms with Crippen molar-refractivity contribution in [3.63, 3.8) is 0 Å². The third kappa shape index (κ3) is 6.20. The molecule has 2 aromatic rings. The second-order valence-corrected chi connectivity index (χ2v) is 21.3. The molecule has 1 aliphatic carbocycles. The van der Waals surface area contributed by atoms with Crippen molar-refractivity contribution >= 4 is 26.3 Å². The van der Waals surface area contributed by atoms with E-state index in [1.807, 2.05) is 17.0 Å². The van der Waals surface area contributed by atoms with Crippen LogP contribution in [0.4, 0.5) is 0 Å². The van der Waals surface area contributed by atoms with Crippen LogP contribution in [0.25, 0.3) is 0 Å². The first-order valence-electron chi connectivity index (χ1n) is 17.0. The van der Waals surface area contributed by atoms with Crippen LogP contribution in [0.15, 0.2) is 60.7 Å².